The van der Waals surface area contributed by atoms with Gasteiger partial charge in [-0.25, -0.2) is 0 Å². The van der Waals surface area contributed by atoms with E-state index in [0.29, 0.717) is 0 Å². The van der Waals surface area contributed by atoms with E-state index in [0.717, 1.165) is 24.3 Å². The van der Waals surface area contributed by atoms with Crippen LogP contribution < -0.4 is 10.2 Å². The molecule has 0 saturated heterocycles. The van der Waals surface area contributed by atoms with Gasteiger partial charge in [0, 0.05) is 18.6 Å². The Kier molecular flexibility index (Phi) is 4.93. The highest BCUT2D eigenvalue weighted by Crippen LogP contribution is 2.13. The predicted octanol–water partition coefficient (Wildman–Crippen LogP) is 3.12. The monoisotopic (exact) mass is 255 g/mol. The summed E-state index contributed by atoms with van der Waals surface area (Å²) in [5.74, 6) is 0.893. The molecule has 0 radical (unpaired) electrons. The van der Waals surface area contributed by atoms with Crippen LogP contribution in [0.25, 0.3) is 0 Å². The Labute approximate surface area is 113 Å². The number of aromatic nitrogens is 1. The lowest BCUT2D eigenvalue weighted by Gasteiger charge is -2.02. The highest BCUT2D eigenvalue weighted by Gasteiger charge is 1.94. The van der Waals surface area contributed by atoms with E-state index < -0.39 is 0 Å². The Bertz CT molecular complexity index is 526. The lowest BCUT2D eigenvalue weighted by molar-refractivity contribution is 0.414. The highest BCUT2D eigenvalue weighted by molar-refractivity contribution is 5.59. The van der Waals surface area contributed by atoms with Crippen LogP contribution in [-0.2, 0) is 6.42 Å². The van der Waals surface area contributed by atoms with Crippen molar-refractivity contribution in [3.8, 4) is 5.75 Å². The second-order valence-corrected chi connectivity index (χ2v) is 4.05. The van der Waals surface area contributed by atoms with Crippen molar-refractivity contribution in [1.29, 1.82) is 0 Å². The zero-order chi connectivity index (χ0) is 13.3. The second kappa shape index (κ2) is 7.16. The van der Waals surface area contributed by atoms with Gasteiger partial charge in [-0.3, -0.25) is 10.4 Å². The molecule has 0 bridgehead atoms. The maximum Gasteiger partial charge on any atom is 0.119 e. The molecule has 19 heavy (non-hydrogen) atoms. The standard InChI is InChI=1S/C15H17N3O/c1-19-15-6-2-4-13(12-15)5-3-9-17-18-14-7-10-16-11-8-14/h2,4,6-12H,3,5H2,1H3,(H,16,18). The molecule has 98 valence electrons. The Hall–Kier alpha value is -2.36. The average Bonchev–Trinajstić information content (AvgIpc) is 2.48. The minimum atomic E-state index is 0.880. The second-order valence-electron chi connectivity index (χ2n) is 4.05. The van der Waals surface area contributed by atoms with Crippen molar-refractivity contribution in [2.45, 2.75) is 12.8 Å². The van der Waals surface area contributed by atoms with Gasteiger partial charge in [0.1, 0.15) is 5.75 Å². The number of ether oxygens (including phenoxy) is 1. The molecule has 2 aromatic rings. The fraction of sp³-hybridized carbons (Fsp3) is 0.200. The van der Waals surface area contributed by atoms with Gasteiger partial charge in [-0.05, 0) is 42.7 Å². The summed E-state index contributed by atoms with van der Waals surface area (Å²) in [4.78, 5) is 3.94. The Morgan fingerprint density at radius 3 is 2.89 bits per heavy atom. The minimum Gasteiger partial charge on any atom is -0.497 e. The lowest BCUT2D eigenvalue weighted by Crippen LogP contribution is -1.92. The molecular formula is C15H17N3O. The first-order chi connectivity index (χ1) is 9.38. The fourth-order valence-electron chi connectivity index (χ4n) is 1.67. The Morgan fingerprint density at radius 2 is 2.11 bits per heavy atom. The van der Waals surface area contributed by atoms with Crippen LogP contribution in [0.1, 0.15) is 12.0 Å². The first-order valence-corrected chi connectivity index (χ1v) is 6.19. The van der Waals surface area contributed by atoms with E-state index >= 15 is 0 Å². The Balaban J connectivity index is 1.77. The summed E-state index contributed by atoms with van der Waals surface area (Å²) >= 11 is 0. The number of benzene rings is 1. The summed E-state index contributed by atoms with van der Waals surface area (Å²) in [5.41, 5.74) is 5.14. The molecule has 1 N–H and O–H groups in total. The topological polar surface area (TPSA) is 46.5 Å². The molecule has 0 amide bonds. The summed E-state index contributed by atoms with van der Waals surface area (Å²) in [6.07, 6.45) is 7.16. The number of hydrogen-bond donors (Lipinski definition) is 1. The molecule has 4 heteroatoms. The van der Waals surface area contributed by atoms with Crippen LogP contribution in [-0.4, -0.2) is 18.3 Å². The molecule has 0 fully saturated rings. The van der Waals surface area contributed by atoms with E-state index in [1.807, 2.05) is 36.5 Å². The number of nitrogens with one attached hydrogen (secondary N) is 1. The number of hydrazone groups is 1. The van der Waals surface area contributed by atoms with Crippen LogP contribution in [0.4, 0.5) is 5.69 Å². The van der Waals surface area contributed by atoms with Gasteiger partial charge in [-0.2, -0.15) is 5.10 Å². The van der Waals surface area contributed by atoms with Crippen LogP contribution in [0.3, 0.4) is 0 Å². The molecule has 0 unspecified atom stereocenters. The number of methoxy groups -OCH3 is 1. The van der Waals surface area contributed by atoms with Crippen molar-refractivity contribution >= 4 is 11.9 Å². The number of hydrogen-bond acceptors (Lipinski definition) is 4. The highest BCUT2D eigenvalue weighted by atomic mass is 16.5. The molecule has 1 heterocycles. The van der Waals surface area contributed by atoms with Crippen LogP contribution in [0, 0.1) is 0 Å². The van der Waals surface area contributed by atoms with Gasteiger partial charge >= 0.3 is 0 Å². The van der Waals surface area contributed by atoms with Crippen molar-refractivity contribution in [3.63, 3.8) is 0 Å². The maximum atomic E-state index is 5.19. The lowest BCUT2D eigenvalue weighted by atomic mass is 10.1. The van der Waals surface area contributed by atoms with Crippen LogP contribution in [0.2, 0.25) is 0 Å². The van der Waals surface area contributed by atoms with Gasteiger partial charge in [0.05, 0.1) is 12.8 Å². The molecule has 0 aliphatic heterocycles. The smallest absolute Gasteiger partial charge is 0.119 e. The van der Waals surface area contributed by atoms with E-state index in [-0.39, 0.29) is 0 Å². The third-order valence-electron chi connectivity index (χ3n) is 2.66. The van der Waals surface area contributed by atoms with Gasteiger partial charge < -0.3 is 4.74 Å². The number of nitrogens with zero attached hydrogens (tertiary/aromatic N) is 2. The molecule has 2 rings (SSSR count). The van der Waals surface area contributed by atoms with Gasteiger partial charge in [0.25, 0.3) is 0 Å². The van der Waals surface area contributed by atoms with Crippen molar-refractivity contribution < 1.29 is 4.74 Å². The van der Waals surface area contributed by atoms with Crippen LogP contribution in [0.15, 0.2) is 53.9 Å². The predicted molar refractivity (Wildman–Crippen MR) is 77.7 cm³/mol. The Morgan fingerprint density at radius 1 is 1.26 bits per heavy atom. The number of anilines is 1. The fourth-order valence-corrected chi connectivity index (χ4v) is 1.67. The zero-order valence-electron chi connectivity index (χ0n) is 10.9. The number of pyridine rings is 1. The van der Waals surface area contributed by atoms with Crippen molar-refractivity contribution in [1.82, 2.24) is 4.98 Å². The van der Waals surface area contributed by atoms with Crippen molar-refractivity contribution in [3.05, 3.63) is 54.4 Å². The summed E-state index contributed by atoms with van der Waals surface area (Å²) < 4.78 is 5.19. The third-order valence-corrected chi connectivity index (χ3v) is 2.66. The van der Waals surface area contributed by atoms with Gasteiger partial charge in [0.15, 0.2) is 0 Å². The third kappa shape index (κ3) is 4.43. The molecule has 0 atom stereocenters. The molecule has 1 aromatic heterocycles. The number of rotatable bonds is 6. The normalized spacial score (nSPS) is 10.6. The summed E-state index contributed by atoms with van der Waals surface area (Å²) in [5, 5.41) is 4.17. The van der Waals surface area contributed by atoms with Crippen LogP contribution in [0.5, 0.6) is 5.75 Å². The maximum absolute atomic E-state index is 5.19. The van der Waals surface area contributed by atoms with Gasteiger partial charge in [-0.15, -0.1) is 0 Å². The van der Waals surface area contributed by atoms with Crippen molar-refractivity contribution in [2.75, 3.05) is 12.5 Å². The average molecular weight is 255 g/mol. The van der Waals surface area contributed by atoms with E-state index in [1.54, 1.807) is 19.5 Å². The quantitative estimate of drug-likeness (QED) is 0.637. The molecule has 0 spiro atoms. The van der Waals surface area contributed by atoms with E-state index in [9.17, 15) is 0 Å². The molecule has 0 aliphatic rings. The molecule has 0 aliphatic carbocycles. The number of aryl methyl sites for hydroxylation is 1. The molecule has 0 saturated carbocycles. The molecule has 1 aromatic carbocycles. The summed E-state index contributed by atoms with van der Waals surface area (Å²) in [6.45, 7) is 0. The van der Waals surface area contributed by atoms with Gasteiger partial charge in [0.2, 0.25) is 0 Å². The first kappa shape index (κ1) is 13.1. The van der Waals surface area contributed by atoms with E-state index in [2.05, 4.69) is 21.6 Å². The SMILES string of the molecule is COc1cccc(CCC=NNc2ccncc2)c1. The molecule has 4 nitrogen and oxygen atoms in total. The van der Waals surface area contributed by atoms with Gasteiger partial charge in [-0.1, -0.05) is 12.1 Å². The summed E-state index contributed by atoms with van der Waals surface area (Å²) in [7, 11) is 1.68. The molecular weight excluding hydrogens is 238 g/mol. The largest absolute Gasteiger partial charge is 0.497 e. The first-order valence-electron chi connectivity index (χ1n) is 6.19. The van der Waals surface area contributed by atoms with E-state index in [1.165, 1.54) is 5.56 Å². The van der Waals surface area contributed by atoms with E-state index in [4.69, 9.17) is 4.74 Å². The minimum absolute atomic E-state index is 0.880. The summed E-state index contributed by atoms with van der Waals surface area (Å²) in [6, 6.07) is 11.8. The zero-order valence-corrected chi connectivity index (χ0v) is 10.9. The van der Waals surface area contributed by atoms with Crippen molar-refractivity contribution in [2.24, 2.45) is 5.10 Å². The van der Waals surface area contributed by atoms with Crippen LogP contribution >= 0.6 is 0 Å².